The van der Waals surface area contributed by atoms with Crippen molar-refractivity contribution in [3.63, 3.8) is 0 Å². The average molecular weight is 409 g/mol. The number of aliphatic hydroxyl groups is 3. The molecule has 1 aliphatic heterocycles. The molecule has 3 heterocycles. The van der Waals surface area contributed by atoms with Gasteiger partial charge < -0.3 is 29.9 Å². The molecular weight excluding hydrogens is 391 g/mol. The van der Waals surface area contributed by atoms with Gasteiger partial charge in [0.25, 0.3) is 0 Å². The summed E-state index contributed by atoms with van der Waals surface area (Å²) in [4.78, 5) is 8.34. The number of ether oxygens (including phenoxy) is 1. The van der Waals surface area contributed by atoms with Crippen molar-refractivity contribution in [3.8, 4) is 0 Å². The predicted molar refractivity (Wildman–Crippen MR) is 99.4 cm³/mol. The number of anilines is 1. The van der Waals surface area contributed by atoms with Crippen LogP contribution in [0.25, 0.3) is 11.0 Å². The quantitative estimate of drug-likeness (QED) is 0.519. The summed E-state index contributed by atoms with van der Waals surface area (Å²) in [7, 11) is 1.72. The van der Waals surface area contributed by atoms with E-state index in [9.17, 15) is 19.7 Å². The number of nitrogens with zero attached hydrogens (tertiary/aromatic N) is 3. The molecule has 5 atom stereocenters. The Morgan fingerprint density at radius 3 is 2.75 bits per heavy atom. The van der Waals surface area contributed by atoms with E-state index >= 15 is 0 Å². The van der Waals surface area contributed by atoms with E-state index in [1.54, 1.807) is 23.9 Å². The first-order valence-corrected chi connectivity index (χ1v) is 8.94. The molecule has 148 valence electrons. The Labute approximate surface area is 164 Å². The van der Waals surface area contributed by atoms with Gasteiger partial charge in [-0.25, -0.2) is 14.4 Å². The van der Waals surface area contributed by atoms with Crippen LogP contribution in [-0.2, 0) is 4.74 Å². The van der Waals surface area contributed by atoms with Gasteiger partial charge in [-0.15, -0.1) is 0 Å². The van der Waals surface area contributed by atoms with Gasteiger partial charge in [-0.1, -0.05) is 17.7 Å². The maximum Gasteiger partial charge on any atom is 0.164 e. The summed E-state index contributed by atoms with van der Waals surface area (Å²) in [5, 5.41) is 35.1. The number of aliphatic hydroxyl groups excluding tert-OH is 3. The molecule has 1 aliphatic rings. The molecule has 1 saturated heterocycles. The lowest BCUT2D eigenvalue weighted by Crippen LogP contribution is -2.34. The highest BCUT2D eigenvalue weighted by Gasteiger charge is 2.47. The molecule has 4 N–H and O–H groups in total. The molecule has 3 aromatic rings. The number of benzene rings is 1. The van der Waals surface area contributed by atoms with Gasteiger partial charge in [-0.05, 0) is 23.8 Å². The number of nitrogens with one attached hydrogen (secondary N) is 1. The number of fused-ring (bicyclic) bond motifs is 1. The zero-order valence-corrected chi connectivity index (χ0v) is 15.5. The minimum atomic E-state index is -1.40. The zero-order valence-electron chi connectivity index (χ0n) is 14.7. The summed E-state index contributed by atoms with van der Waals surface area (Å²) in [5.41, 5.74) is 0.666. The van der Waals surface area contributed by atoms with Gasteiger partial charge in [0.15, 0.2) is 6.23 Å². The van der Waals surface area contributed by atoms with Gasteiger partial charge in [-0.3, -0.25) is 0 Å². The molecule has 0 spiro atoms. The first-order chi connectivity index (χ1) is 13.4. The third kappa shape index (κ3) is 3.01. The first-order valence-electron chi connectivity index (χ1n) is 8.56. The van der Waals surface area contributed by atoms with Crippen LogP contribution < -0.4 is 5.32 Å². The average Bonchev–Trinajstić information content (AvgIpc) is 3.25. The highest BCUT2D eigenvalue weighted by molar-refractivity contribution is 6.30. The van der Waals surface area contributed by atoms with Gasteiger partial charge >= 0.3 is 0 Å². The third-order valence-electron chi connectivity index (χ3n) is 4.89. The lowest BCUT2D eigenvalue weighted by Gasteiger charge is -2.21. The third-order valence-corrected chi connectivity index (χ3v) is 5.20. The molecule has 0 unspecified atom stereocenters. The molecule has 10 heteroatoms. The fraction of sp³-hybridized carbons (Fsp3) is 0.333. The topological polar surface area (TPSA) is 113 Å². The van der Waals surface area contributed by atoms with Crippen molar-refractivity contribution in [2.45, 2.75) is 30.6 Å². The molecule has 0 amide bonds. The Hall–Kier alpha value is -2.30. The molecule has 0 radical (unpaired) electrons. The van der Waals surface area contributed by atoms with Gasteiger partial charge in [0.2, 0.25) is 0 Å². The number of hydrogen-bond donors (Lipinski definition) is 4. The van der Waals surface area contributed by atoms with E-state index < -0.39 is 36.5 Å². The summed E-state index contributed by atoms with van der Waals surface area (Å²) in [6.45, 7) is 0. The Morgan fingerprint density at radius 1 is 1.25 bits per heavy atom. The van der Waals surface area contributed by atoms with E-state index in [1.807, 2.05) is 0 Å². The summed E-state index contributed by atoms with van der Waals surface area (Å²) in [6.07, 6.45) is -3.26. The highest BCUT2D eigenvalue weighted by atomic mass is 35.5. The molecule has 4 rings (SSSR count). The van der Waals surface area contributed by atoms with Crippen molar-refractivity contribution in [1.29, 1.82) is 0 Å². The normalized spacial score (nSPS) is 25.9. The molecule has 8 nitrogen and oxygen atoms in total. The molecule has 0 aliphatic carbocycles. The van der Waals surface area contributed by atoms with Crippen LogP contribution in [0.15, 0.2) is 36.8 Å². The van der Waals surface area contributed by atoms with Crippen LogP contribution in [0.3, 0.4) is 0 Å². The lowest BCUT2D eigenvalue weighted by molar-refractivity contribution is -0.0848. The van der Waals surface area contributed by atoms with Gasteiger partial charge in [0, 0.05) is 13.2 Å². The molecule has 28 heavy (non-hydrogen) atoms. The molecule has 1 aromatic carbocycles. The van der Waals surface area contributed by atoms with E-state index in [4.69, 9.17) is 16.3 Å². The second-order valence-electron chi connectivity index (χ2n) is 6.52. The van der Waals surface area contributed by atoms with Gasteiger partial charge in [0.1, 0.15) is 48.0 Å². The zero-order chi connectivity index (χ0) is 20.0. The van der Waals surface area contributed by atoms with E-state index in [-0.39, 0.29) is 10.6 Å². The lowest BCUT2D eigenvalue weighted by atomic mass is 9.99. The van der Waals surface area contributed by atoms with E-state index in [0.29, 0.717) is 16.9 Å². The van der Waals surface area contributed by atoms with Crippen molar-refractivity contribution in [3.05, 3.63) is 53.2 Å². The van der Waals surface area contributed by atoms with Crippen LogP contribution in [0.5, 0.6) is 0 Å². The van der Waals surface area contributed by atoms with Crippen LogP contribution in [-0.4, -0.2) is 55.2 Å². The largest absolute Gasteiger partial charge is 0.387 e. The highest BCUT2D eigenvalue weighted by Crippen LogP contribution is 2.38. The molecular formula is C18H18ClFN4O4. The molecule has 0 bridgehead atoms. The fourth-order valence-electron chi connectivity index (χ4n) is 3.44. The Kier molecular flexibility index (Phi) is 4.94. The number of halogens is 2. The van der Waals surface area contributed by atoms with Crippen LogP contribution in [0.2, 0.25) is 5.02 Å². The number of aromatic nitrogens is 3. The van der Waals surface area contributed by atoms with Crippen molar-refractivity contribution < 1.29 is 24.4 Å². The summed E-state index contributed by atoms with van der Waals surface area (Å²) in [5.74, 6) is -0.0968. The van der Waals surface area contributed by atoms with Crippen LogP contribution >= 0.6 is 11.6 Å². The van der Waals surface area contributed by atoms with Crippen molar-refractivity contribution in [2.75, 3.05) is 12.4 Å². The van der Waals surface area contributed by atoms with Crippen LogP contribution in [0, 0.1) is 5.82 Å². The summed E-state index contributed by atoms with van der Waals surface area (Å²) < 4.78 is 21.1. The summed E-state index contributed by atoms with van der Waals surface area (Å²) >= 11 is 5.67. The Bertz CT molecular complexity index is 1020. The SMILES string of the molecule is CNc1ncnc2c1ccn2[C@@H]1O[C@H]([C@H](O)c2ccc(Cl)c(F)c2)[C@@H](O)[C@H]1O. The standard InChI is InChI=1S/C18H18ClFN4O4/c1-21-16-9-4-5-24(17(9)23-7-22-16)18-14(27)13(26)15(28-18)12(25)8-2-3-10(19)11(20)6-8/h2-7,12-15,18,25-27H,1H3,(H,21,22,23)/t12-,13+,14-,15-,18-/m1/s1. The minimum Gasteiger partial charge on any atom is -0.387 e. The van der Waals surface area contributed by atoms with Gasteiger partial charge in [-0.2, -0.15) is 0 Å². The molecule has 2 aromatic heterocycles. The van der Waals surface area contributed by atoms with Crippen molar-refractivity contribution in [1.82, 2.24) is 14.5 Å². The van der Waals surface area contributed by atoms with E-state index in [0.717, 1.165) is 6.07 Å². The fourth-order valence-corrected chi connectivity index (χ4v) is 3.56. The Balaban J connectivity index is 1.65. The van der Waals surface area contributed by atoms with Gasteiger partial charge in [0.05, 0.1) is 10.4 Å². The number of rotatable bonds is 4. The van der Waals surface area contributed by atoms with E-state index in [2.05, 4.69) is 15.3 Å². The predicted octanol–water partition coefficient (Wildman–Crippen LogP) is 1.62. The van der Waals surface area contributed by atoms with Crippen molar-refractivity contribution in [2.24, 2.45) is 0 Å². The Morgan fingerprint density at radius 2 is 2.04 bits per heavy atom. The second-order valence-corrected chi connectivity index (χ2v) is 6.93. The summed E-state index contributed by atoms with van der Waals surface area (Å²) in [6, 6.07) is 5.56. The maximum atomic E-state index is 13.7. The number of hydrogen-bond acceptors (Lipinski definition) is 7. The minimum absolute atomic E-state index is 0.0828. The monoisotopic (exact) mass is 408 g/mol. The van der Waals surface area contributed by atoms with Crippen LogP contribution in [0.4, 0.5) is 10.2 Å². The van der Waals surface area contributed by atoms with Crippen LogP contribution in [0.1, 0.15) is 17.9 Å². The molecule has 0 saturated carbocycles. The smallest absolute Gasteiger partial charge is 0.164 e. The maximum absolute atomic E-state index is 13.7. The second kappa shape index (κ2) is 7.26. The van der Waals surface area contributed by atoms with E-state index in [1.165, 1.54) is 18.5 Å². The molecule has 1 fully saturated rings. The van der Waals surface area contributed by atoms with Crippen molar-refractivity contribution >= 4 is 28.5 Å². The first kappa shape index (κ1) is 19.0.